The van der Waals surface area contributed by atoms with Gasteiger partial charge in [-0.15, -0.1) is 0 Å². The number of nitrogens with zero attached hydrogens (tertiary/aromatic N) is 5. The maximum atomic E-state index is 9.84. The van der Waals surface area contributed by atoms with E-state index in [4.69, 9.17) is 19.4 Å². The molecule has 33 heavy (non-hydrogen) atoms. The van der Waals surface area contributed by atoms with Gasteiger partial charge < -0.3 is 29.4 Å². The average Bonchev–Trinajstić information content (AvgIpc) is 3.50. The molecule has 0 bridgehead atoms. The number of nitrogens with one attached hydrogen (secondary N) is 1. The van der Waals surface area contributed by atoms with Crippen LogP contribution in [0.5, 0.6) is 5.75 Å². The van der Waals surface area contributed by atoms with E-state index < -0.39 is 0 Å². The van der Waals surface area contributed by atoms with Crippen LogP contribution in [0.25, 0.3) is 5.69 Å². The summed E-state index contributed by atoms with van der Waals surface area (Å²) >= 11 is 0. The predicted octanol–water partition coefficient (Wildman–Crippen LogP) is 3.07. The number of aliphatic hydroxyl groups is 1. The Morgan fingerprint density at radius 1 is 1.27 bits per heavy atom. The van der Waals surface area contributed by atoms with E-state index in [9.17, 15) is 5.11 Å². The van der Waals surface area contributed by atoms with E-state index in [1.807, 2.05) is 16.8 Å². The molecule has 4 heterocycles. The summed E-state index contributed by atoms with van der Waals surface area (Å²) in [6.07, 6.45) is 6.43. The average molecular weight is 451 g/mol. The molecule has 5 rings (SSSR count). The molecule has 2 N–H and O–H groups in total. The second kappa shape index (κ2) is 8.99. The van der Waals surface area contributed by atoms with Gasteiger partial charge in [-0.1, -0.05) is 0 Å². The number of ether oxygens (including phenoxy) is 2. The van der Waals surface area contributed by atoms with Crippen LogP contribution in [0.15, 0.2) is 24.7 Å². The highest BCUT2D eigenvalue weighted by Crippen LogP contribution is 2.32. The van der Waals surface area contributed by atoms with E-state index in [1.54, 1.807) is 13.4 Å². The van der Waals surface area contributed by atoms with Crippen molar-refractivity contribution in [3.63, 3.8) is 0 Å². The molecule has 174 valence electrons. The van der Waals surface area contributed by atoms with Gasteiger partial charge in [0.2, 0.25) is 5.95 Å². The third-order valence-electron chi connectivity index (χ3n) is 6.61. The van der Waals surface area contributed by atoms with E-state index in [2.05, 4.69) is 35.1 Å². The first-order chi connectivity index (χ1) is 16.1. The summed E-state index contributed by atoms with van der Waals surface area (Å²) in [6.45, 7) is 6.26. The van der Waals surface area contributed by atoms with Gasteiger partial charge in [-0.3, -0.25) is 0 Å². The summed E-state index contributed by atoms with van der Waals surface area (Å²) < 4.78 is 13.2. The van der Waals surface area contributed by atoms with Crippen molar-refractivity contribution in [2.24, 2.45) is 0 Å². The largest absolute Gasteiger partial charge is 0.496 e. The van der Waals surface area contributed by atoms with Gasteiger partial charge in [-0.25, -0.2) is 9.97 Å². The Labute approximate surface area is 193 Å². The molecule has 2 aliphatic rings. The zero-order valence-corrected chi connectivity index (χ0v) is 19.3. The van der Waals surface area contributed by atoms with Crippen LogP contribution in [-0.2, 0) is 17.8 Å². The van der Waals surface area contributed by atoms with E-state index in [-0.39, 0.29) is 12.6 Å². The number of methoxy groups -OCH3 is 1. The van der Waals surface area contributed by atoms with Gasteiger partial charge in [0.05, 0.1) is 50.6 Å². The Balaban J connectivity index is 1.45. The molecule has 0 spiro atoms. The number of imidazole rings is 1. The summed E-state index contributed by atoms with van der Waals surface area (Å²) in [5, 5.41) is 13.1. The van der Waals surface area contributed by atoms with E-state index in [0.717, 1.165) is 65.4 Å². The maximum Gasteiger partial charge on any atom is 0.230 e. The van der Waals surface area contributed by atoms with Crippen LogP contribution in [0, 0.1) is 13.8 Å². The molecule has 1 fully saturated rings. The monoisotopic (exact) mass is 450 g/mol. The normalized spacial score (nSPS) is 17.8. The van der Waals surface area contributed by atoms with Gasteiger partial charge in [0.1, 0.15) is 17.9 Å². The molecular formula is C24H30N6O3. The lowest BCUT2D eigenvalue weighted by atomic mass is 10.1. The van der Waals surface area contributed by atoms with Crippen molar-refractivity contribution in [3.8, 4) is 11.4 Å². The predicted molar refractivity (Wildman–Crippen MR) is 126 cm³/mol. The highest BCUT2D eigenvalue weighted by molar-refractivity contribution is 5.58. The van der Waals surface area contributed by atoms with Crippen molar-refractivity contribution in [1.82, 2.24) is 19.5 Å². The van der Waals surface area contributed by atoms with Crippen molar-refractivity contribution in [3.05, 3.63) is 47.0 Å². The number of hydrogen-bond donors (Lipinski definition) is 2. The first-order valence-electron chi connectivity index (χ1n) is 11.4. The first kappa shape index (κ1) is 21.7. The first-order valence-corrected chi connectivity index (χ1v) is 11.4. The van der Waals surface area contributed by atoms with Crippen molar-refractivity contribution < 1.29 is 14.6 Å². The van der Waals surface area contributed by atoms with Gasteiger partial charge in [0.15, 0.2) is 5.82 Å². The molecule has 0 amide bonds. The minimum absolute atomic E-state index is 0.0812. The summed E-state index contributed by atoms with van der Waals surface area (Å²) in [5.41, 5.74) is 5.28. The molecule has 2 aromatic heterocycles. The van der Waals surface area contributed by atoms with Crippen LogP contribution >= 0.6 is 0 Å². The Morgan fingerprint density at radius 2 is 2.15 bits per heavy atom. The molecule has 0 aliphatic carbocycles. The fourth-order valence-corrected chi connectivity index (χ4v) is 4.63. The summed E-state index contributed by atoms with van der Waals surface area (Å²) in [5.74, 6) is 2.88. The molecule has 9 heteroatoms. The number of aryl methyl sites for hydroxylation is 1. The van der Waals surface area contributed by atoms with Gasteiger partial charge in [0.25, 0.3) is 0 Å². The quantitative estimate of drug-likeness (QED) is 0.591. The number of aromatic nitrogens is 4. The van der Waals surface area contributed by atoms with Gasteiger partial charge in [-0.2, -0.15) is 4.98 Å². The van der Waals surface area contributed by atoms with Gasteiger partial charge in [0, 0.05) is 24.6 Å². The van der Waals surface area contributed by atoms with Crippen LogP contribution in [0.3, 0.4) is 0 Å². The third-order valence-corrected chi connectivity index (χ3v) is 6.61. The van der Waals surface area contributed by atoms with Gasteiger partial charge >= 0.3 is 0 Å². The molecule has 2 aliphatic heterocycles. The minimum Gasteiger partial charge on any atom is -0.496 e. The van der Waals surface area contributed by atoms with E-state index in [1.165, 1.54) is 0 Å². The number of anilines is 3. The van der Waals surface area contributed by atoms with Gasteiger partial charge in [-0.05, 0) is 43.9 Å². The zero-order valence-electron chi connectivity index (χ0n) is 19.3. The fraction of sp³-hybridized carbons (Fsp3) is 0.458. The molecule has 3 aromatic rings. The Hall–Kier alpha value is -3.17. The molecule has 1 atom stereocenters. The Morgan fingerprint density at radius 3 is 2.97 bits per heavy atom. The van der Waals surface area contributed by atoms with Crippen molar-refractivity contribution >= 4 is 17.6 Å². The Bertz CT molecular complexity index is 1160. The second-order valence-electron chi connectivity index (χ2n) is 8.65. The number of benzene rings is 1. The minimum atomic E-state index is 0.0812. The third kappa shape index (κ3) is 4.14. The lowest BCUT2D eigenvalue weighted by Gasteiger charge is -2.29. The standard InChI is InChI=1S/C24H30N6O3/c1-15-9-18(10-21(32-3)16(15)2)29-11-22(25-14-29)27-24-26-20-6-8-33-13-19(20)23(28-24)30-7-4-5-17(30)12-31/h9-11,14,17,31H,4-8,12-13H2,1-3H3,(H,26,27,28)/t17-/m0/s1. The van der Waals surface area contributed by atoms with Crippen molar-refractivity contribution in [2.45, 2.75) is 45.8 Å². The maximum absolute atomic E-state index is 9.84. The number of hydrogen-bond acceptors (Lipinski definition) is 8. The van der Waals surface area contributed by atoms with Crippen LogP contribution in [0.4, 0.5) is 17.6 Å². The molecular weight excluding hydrogens is 420 g/mol. The Kier molecular flexibility index (Phi) is 5.90. The van der Waals surface area contributed by atoms with Crippen molar-refractivity contribution in [2.75, 3.05) is 37.1 Å². The van der Waals surface area contributed by atoms with E-state index in [0.29, 0.717) is 25.0 Å². The molecule has 0 unspecified atom stereocenters. The number of aliphatic hydroxyl groups excluding tert-OH is 1. The fourth-order valence-electron chi connectivity index (χ4n) is 4.63. The molecule has 1 aromatic carbocycles. The topological polar surface area (TPSA) is 97.6 Å². The van der Waals surface area contributed by atoms with Crippen molar-refractivity contribution in [1.29, 1.82) is 0 Å². The smallest absolute Gasteiger partial charge is 0.230 e. The summed E-state index contributed by atoms with van der Waals surface area (Å²) in [7, 11) is 1.68. The van der Waals surface area contributed by atoms with Crippen LogP contribution in [-0.4, -0.2) is 57.5 Å². The molecule has 9 nitrogen and oxygen atoms in total. The summed E-state index contributed by atoms with van der Waals surface area (Å²) in [4.78, 5) is 16.3. The lowest BCUT2D eigenvalue weighted by Crippen LogP contribution is -2.34. The SMILES string of the molecule is COc1cc(-n2cnc(Nc3nc4c(c(N5CCC[C@H]5CO)n3)COCC4)c2)cc(C)c1C. The number of fused-ring (bicyclic) bond motifs is 1. The molecule has 1 saturated heterocycles. The second-order valence-corrected chi connectivity index (χ2v) is 8.65. The highest BCUT2D eigenvalue weighted by Gasteiger charge is 2.30. The van der Waals surface area contributed by atoms with Crippen LogP contribution in [0.2, 0.25) is 0 Å². The summed E-state index contributed by atoms with van der Waals surface area (Å²) in [6, 6.07) is 4.20. The molecule has 0 saturated carbocycles. The van der Waals surface area contributed by atoms with Crippen LogP contribution in [0.1, 0.15) is 35.2 Å². The van der Waals surface area contributed by atoms with Crippen LogP contribution < -0.4 is 15.0 Å². The number of rotatable bonds is 6. The van der Waals surface area contributed by atoms with E-state index >= 15 is 0 Å². The lowest BCUT2D eigenvalue weighted by molar-refractivity contribution is 0.109. The molecule has 0 radical (unpaired) electrons. The highest BCUT2D eigenvalue weighted by atomic mass is 16.5. The zero-order chi connectivity index (χ0) is 22.9.